The zero-order valence-corrected chi connectivity index (χ0v) is 16.3. The van der Waals surface area contributed by atoms with Gasteiger partial charge in [-0.25, -0.2) is 8.42 Å². The minimum atomic E-state index is -3.75. The molecule has 0 saturated heterocycles. The molecule has 3 rings (SSSR count). The van der Waals surface area contributed by atoms with Crippen molar-refractivity contribution in [1.82, 2.24) is 0 Å². The Bertz CT molecular complexity index is 1100. The van der Waals surface area contributed by atoms with E-state index in [2.05, 4.69) is 10.0 Å². The van der Waals surface area contributed by atoms with E-state index in [4.69, 9.17) is 4.74 Å². The summed E-state index contributed by atoms with van der Waals surface area (Å²) in [6, 6.07) is 20.0. The van der Waals surface area contributed by atoms with E-state index in [1.54, 1.807) is 67.6 Å². The number of nitrogens with one attached hydrogen (secondary N) is 2. The number of carbonyl (C=O) groups is 1. The van der Waals surface area contributed by atoms with Crippen LogP contribution >= 0.6 is 0 Å². The summed E-state index contributed by atoms with van der Waals surface area (Å²) in [6.45, 7) is 1.69. The second-order valence-electron chi connectivity index (χ2n) is 6.05. The quantitative estimate of drug-likeness (QED) is 0.658. The van der Waals surface area contributed by atoms with Crippen LogP contribution in [0.5, 0.6) is 5.75 Å². The van der Waals surface area contributed by atoms with Gasteiger partial charge in [0.25, 0.3) is 15.9 Å². The lowest BCUT2D eigenvalue weighted by atomic mass is 10.1. The normalized spacial score (nSPS) is 10.9. The smallest absolute Gasteiger partial charge is 0.261 e. The average molecular weight is 396 g/mol. The highest BCUT2D eigenvalue weighted by Gasteiger charge is 2.18. The van der Waals surface area contributed by atoms with E-state index in [0.717, 1.165) is 0 Å². The van der Waals surface area contributed by atoms with Crippen LogP contribution in [0.3, 0.4) is 0 Å². The molecule has 0 bridgehead atoms. The summed E-state index contributed by atoms with van der Waals surface area (Å²) in [5.41, 5.74) is 1.76. The highest BCUT2D eigenvalue weighted by atomic mass is 32.2. The first kappa shape index (κ1) is 19.4. The van der Waals surface area contributed by atoms with Crippen molar-refractivity contribution in [3.8, 4) is 5.75 Å². The van der Waals surface area contributed by atoms with Gasteiger partial charge in [0.1, 0.15) is 5.75 Å². The number of ether oxygens (including phenoxy) is 1. The van der Waals surface area contributed by atoms with Crippen molar-refractivity contribution in [2.75, 3.05) is 17.1 Å². The molecule has 0 fully saturated rings. The maximum Gasteiger partial charge on any atom is 0.261 e. The number of hydrogen-bond acceptors (Lipinski definition) is 4. The van der Waals surface area contributed by atoms with Gasteiger partial charge in [0.2, 0.25) is 0 Å². The molecule has 3 aromatic rings. The van der Waals surface area contributed by atoms with E-state index in [1.165, 1.54) is 19.2 Å². The fourth-order valence-electron chi connectivity index (χ4n) is 2.73. The Hall–Kier alpha value is -3.32. The molecule has 1 amide bonds. The van der Waals surface area contributed by atoms with Crippen LogP contribution in [0.2, 0.25) is 0 Å². The van der Waals surface area contributed by atoms with Crippen LogP contribution in [0.15, 0.2) is 77.7 Å². The van der Waals surface area contributed by atoms with Crippen LogP contribution in [-0.4, -0.2) is 21.4 Å². The first-order chi connectivity index (χ1) is 13.4. The number of para-hydroxylation sites is 2. The minimum absolute atomic E-state index is 0.151. The molecular formula is C21H20N2O4S. The lowest BCUT2D eigenvalue weighted by molar-refractivity contribution is 0.102. The minimum Gasteiger partial charge on any atom is -0.495 e. The van der Waals surface area contributed by atoms with Crippen molar-refractivity contribution in [3.05, 3.63) is 83.9 Å². The number of carbonyl (C=O) groups excluding carboxylic acids is 1. The SMILES string of the molecule is COc1ccccc1NC(=O)c1cccc(NS(=O)(=O)c2ccccc2)c1C. The fraction of sp³-hybridized carbons (Fsp3) is 0.0952. The summed E-state index contributed by atoms with van der Waals surface area (Å²) >= 11 is 0. The van der Waals surface area contributed by atoms with Gasteiger partial charge in [-0.1, -0.05) is 36.4 Å². The molecule has 28 heavy (non-hydrogen) atoms. The zero-order valence-electron chi connectivity index (χ0n) is 15.5. The van der Waals surface area contributed by atoms with Gasteiger partial charge >= 0.3 is 0 Å². The number of amides is 1. The summed E-state index contributed by atoms with van der Waals surface area (Å²) in [6.07, 6.45) is 0. The summed E-state index contributed by atoms with van der Waals surface area (Å²) in [5, 5.41) is 2.80. The van der Waals surface area contributed by atoms with E-state index in [-0.39, 0.29) is 10.8 Å². The zero-order chi connectivity index (χ0) is 20.1. The van der Waals surface area contributed by atoms with Crippen molar-refractivity contribution >= 4 is 27.3 Å². The Labute approximate surface area is 164 Å². The molecule has 144 valence electrons. The van der Waals surface area contributed by atoms with Gasteiger partial charge in [-0.2, -0.15) is 0 Å². The standard InChI is InChI=1S/C21H20N2O4S/c1-15-17(21(24)22-19-12-6-7-14-20(19)27-2)11-8-13-18(15)23-28(25,26)16-9-4-3-5-10-16/h3-14,23H,1-2H3,(H,22,24). The molecule has 0 aliphatic carbocycles. The number of methoxy groups -OCH3 is 1. The number of benzene rings is 3. The number of anilines is 2. The van der Waals surface area contributed by atoms with Crippen LogP contribution in [0, 0.1) is 6.92 Å². The highest BCUT2D eigenvalue weighted by Crippen LogP contribution is 2.26. The van der Waals surface area contributed by atoms with Crippen molar-refractivity contribution < 1.29 is 17.9 Å². The predicted octanol–water partition coefficient (Wildman–Crippen LogP) is 4.06. The molecule has 0 atom stereocenters. The molecule has 0 unspecified atom stereocenters. The molecule has 0 aliphatic rings. The van der Waals surface area contributed by atoms with Gasteiger partial charge in [-0.05, 0) is 48.9 Å². The molecule has 0 aromatic heterocycles. The molecular weight excluding hydrogens is 376 g/mol. The third-order valence-corrected chi connectivity index (χ3v) is 5.61. The summed E-state index contributed by atoms with van der Waals surface area (Å²) in [4.78, 5) is 12.9. The lowest BCUT2D eigenvalue weighted by Crippen LogP contribution is -2.17. The average Bonchev–Trinajstić information content (AvgIpc) is 2.70. The van der Waals surface area contributed by atoms with E-state index >= 15 is 0 Å². The van der Waals surface area contributed by atoms with E-state index in [0.29, 0.717) is 28.3 Å². The van der Waals surface area contributed by atoms with Crippen LogP contribution in [0.4, 0.5) is 11.4 Å². The molecule has 0 aliphatic heterocycles. The maximum absolute atomic E-state index is 12.7. The van der Waals surface area contributed by atoms with E-state index in [9.17, 15) is 13.2 Å². The molecule has 7 heteroatoms. The van der Waals surface area contributed by atoms with Gasteiger partial charge in [-0.15, -0.1) is 0 Å². The molecule has 0 saturated carbocycles. The summed E-state index contributed by atoms with van der Waals surface area (Å²) < 4.78 is 33.0. The topological polar surface area (TPSA) is 84.5 Å². The van der Waals surface area contributed by atoms with E-state index < -0.39 is 10.0 Å². The first-order valence-electron chi connectivity index (χ1n) is 8.54. The van der Waals surface area contributed by atoms with E-state index in [1.807, 2.05) is 0 Å². The Morgan fingerprint density at radius 2 is 1.50 bits per heavy atom. The number of hydrogen-bond donors (Lipinski definition) is 2. The molecule has 3 aromatic carbocycles. The Morgan fingerprint density at radius 1 is 0.857 bits per heavy atom. The van der Waals surface area contributed by atoms with Gasteiger partial charge in [0.15, 0.2) is 0 Å². The van der Waals surface area contributed by atoms with Crippen LogP contribution < -0.4 is 14.8 Å². The maximum atomic E-state index is 12.7. The highest BCUT2D eigenvalue weighted by molar-refractivity contribution is 7.92. The van der Waals surface area contributed by atoms with Crippen LogP contribution in [0.1, 0.15) is 15.9 Å². The van der Waals surface area contributed by atoms with Crippen molar-refractivity contribution in [2.45, 2.75) is 11.8 Å². The Balaban J connectivity index is 1.88. The number of sulfonamides is 1. The summed E-state index contributed by atoms with van der Waals surface area (Å²) in [5.74, 6) is 0.178. The van der Waals surface area contributed by atoms with Crippen LogP contribution in [0.25, 0.3) is 0 Å². The van der Waals surface area contributed by atoms with Gasteiger partial charge in [0.05, 0.1) is 23.4 Å². The predicted molar refractivity (Wildman–Crippen MR) is 109 cm³/mol. The first-order valence-corrected chi connectivity index (χ1v) is 10.0. The summed E-state index contributed by atoms with van der Waals surface area (Å²) in [7, 11) is -2.23. The Morgan fingerprint density at radius 3 is 2.21 bits per heavy atom. The molecule has 0 heterocycles. The lowest BCUT2D eigenvalue weighted by Gasteiger charge is -2.15. The molecule has 0 spiro atoms. The van der Waals surface area contributed by atoms with Gasteiger partial charge in [-0.3, -0.25) is 9.52 Å². The third-order valence-electron chi connectivity index (χ3n) is 4.23. The van der Waals surface area contributed by atoms with Crippen molar-refractivity contribution in [3.63, 3.8) is 0 Å². The van der Waals surface area contributed by atoms with Gasteiger partial charge < -0.3 is 10.1 Å². The fourth-order valence-corrected chi connectivity index (χ4v) is 3.88. The number of rotatable bonds is 6. The van der Waals surface area contributed by atoms with Crippen LogP contribution in [-0.2, 0) is 10.0 Å². The molecule has 0 radical (unpaired) electrons. The van der Waals surface area contributed by atoms with Crippen molar-refractivity contribution in [2.24, 2.45) is 0 Å². The van der Waals surface area contributed by atoms with Crippen molar-refractivity contribution in [1.29, 1.82) is 0 Å². The monoisotopic (exact) mass is 396 g/mol. The largest absolute Gasteiger partial charge is 0.495 e. The molecule has 6 nitrogen and oxygen atoms in total. The second kappa shape index (κ2) is 8.14. The second-order valence-corrected chi connectivity index (χ2v) is 7.73. The third kappa shape index (κ3) is 4.15. The Kier molecular flexibility index (Phi) is 5.65. The molecule has 2 N–H and O–H groups in total. The van der Waals surface area contributed by atoms with Gasteiger partial charge in [0, 0.05) is 5.56 Å².